The number of nitrogens with one attached hydrogen (secondary N) is 1. The Morgan fingerprint density at radius 2 is 2.02 bits per heavy atom. The number of anilines is 1. The summed E-state index contributed by atoms with van der Waals surface area (Å²) in [7, 11) is 0. The van der Waals surface area contributed by atoms with Crippen molar-refractivity contribution in [3.05, 3.63) is 76.5 Å². The number of hydrogen-bond acceptors (Lipinski definition) is 8. The first-order valence-corrected chi connectivity index (χ1v) is 14.4. The van der Waals surface area contributed by atoms with Crippen molar-refractivity contribution in [2.75, 3.05) is 11.9 Å². The van der Waals surface area contributed by atoms with Crippen molar-refractivity contribution in [3.63, 3.8) is 0 Å². The van der Waals surface area contributed by atoms with E-state index in [0.29, 0.717) is 62.7 Å². The van der Waals surface area contributed by atoms with Crippen LogP contribution in [0.5, 0.6) is 0 Å². The highest BCUT2D eigenvalue weighted by molar-refractivity contribution is 6.30. The smallest absolute Gasteiger partial charge is 0.333 e. The molecule has 0 saturated carbocycles. The van der Waals surface area contributed by atoms with E-state index in [-0.39, 0.29) is 35.8 Å². The van der Waals surface area contributed by atoms with Crippen LogP contribution in [0.25, 0.3) is 22.6 Å². The van der Waals surface area contributed by atoms with Crippen molar-refractivity contribution >= 4 is 41.5 Å². The van der Waals surface area contributed by atoms with Gasteiger partial charge in [0.15, 0.2) is 0 Å². The molecular formula is C30H28ClF2N9O2. The van der Waals surface area contributed by atoms with E-state index in [0.717, 1.165) is 12.0 Å². The lowest BCUT2D eigenvalue weighted by molar-refractivity contribution is -0.119. The van der Waals surface area contributed by atoms with Gasteiger partial charge in [-0.25, -0.2) is 14.4 Å². The highest BCUT2D eigenvalue weighted by atomic mass is 35.5. The number of nitrogens with zero attached hydrogens (tertiary/aromatic N) is 8. The molecule has 2 bridgehead atoms. The van der Waals surface area contributed by atoms with Crippen LogP contribution < -0.4 is 5.32 Å². The number of rotatable bonds is 5. The average Bonchev–Trinajstić information content (AvgIpc) is 3.64. The summed E-state index contributed by atoms with van der Waals surface area (Å²) in [5.74, 6) is -0.653. The van der Waals surface area contributed by atoms with Gasteiger partial charge in [-0.2, -0.15) is 13.9 Å². The maximum absolute atomic E-state index is 14.0. The summed E-state index contributed by atoms with van der Waals surface area (Å²) in [5, 5.41) is 15.3. The van der Waals surface area contributed by atoms with Gasteiger partial charge in [0.25, 0.3) is 0 Å². The third-order valence-corrected chi connectivity index (χ3v) is 8.03. The molecular weight excluding hydrogens is 592 g/mol. The van der Waals surface area contributed by atoms with Crippen molar-refractivity contribution in [2.45, 2.75) is 45.7 Å². The van der Waals surface area contributed by atoms with Gasteiger partial charge in [0, 0.05) is 40.4 Å². The summed E-state index contributed by atoms with van der Waals surface area (Å²) < 4.78 is 30.1. The fourth-order valence-corrected chi connectivity index (χ4v) is 5.74. The van der Waals surface area contributed by atoms with Crippen molar-refractivity contribution in [1.29, 1.82) is 0 Å². The molecule has 0 saturated heterocycles. The van der Waals surface area contributed by atoms with Crippen LogP contribution >= 0.6 is 11.6 Å². The molecule has 1 amide bonds. The SMILES string of the molecule is Cc1cn(-c2ccc(Cl)cc2C2=C(C=O)CN([C@H]3CCC[C@@H](C)C(=O)Nc4cnn(C(F)F)c4-c4ccnc3c4)C=N2)nn1. The van der Waals surface area contributed by atoms with Crippen LogP contribution in [-0.4, -0.2) is 59.7 Å². The Bertz CT molecular complexity index is 1800. The van der Waals surface area contributed by atoms with E-state index in [4.69, 9.17) is 16.6 Å². The molecule has 6 rings (SSSR count). The minimum atomic E-state index is -2.92. The maximum Gasteiger partial charge on any atom is 0.333 e. The molecule has 0 unspecified atom stereocenters. The van der Waals surface area contributed by atoms with Crippen LogP contribution in [-0.2, 0) is 9.59 Å². The molecule has 5 heterocycles. The minimum Gasteiger partial charge on any atom is -0.349 e. The number of aliphatic imine (C=N–C) groups is 1. The number of aryl methyl sites for hydroxylation is 1. The molecule has 11 nitrogen and oxygen atoms in total. The number of carbonyl (C=O) groups excluding carboxylic acids is 2. The van der Waals surface area contributed by atoms with Gasteiger partial charge in [-0.3, -0.25) is 14.6 Å². The molecule has 0 radical (unpaired) electrons. The number of halogens is 3. The predicted molar refractivity (Wildman–Crippen MR) is 160 cm³/mol. The molecule has 44 heavy (non-hydrogen) atoms. The first-order chi connectivity index (χ1) is 21.2. The lowest BCUT2D eigenvalue weighted by atomic mass is 9.95. The number of pyridine rings is 1. The molecule has 0 aliphatic carbocycles. The molecule has 2 atom stereocenters. The molecule has 1 aromatic carbocycles. The molecule has 226 valence electrons. The van der Waals surface area contributed by atoms with Gasteiger partial charge in [-0.15, -0.1) is 5.10 Å². The fourth-order valence-electron chi connectivity index (χ4n) is 5.57. The Balaban J connectivity index is 1.40. The molecule has 4 aromatic rings. The minimum absolute atomic E-state index is 0.0865. The Kier molecular flexibility index (Phi) is 8.04. The van der Waals surface area contributed by atoms with E-state index in [2.05, 4.69) is 25.7 Å². The Hall–Kier alpha value is -4.78. The summed E-state index contributed by atoms with van der Waals surface area (Å²) in [6.07, 6.45) is 8.77. The summed E-state index contributed by atoms with van der Waals surface area (Å²) in [6, 6.07) is 8.21. The van der Waals surface area contributed by atoms with Gasteiger partial charge in [0.1, 0.15) is 6.29 Å². The Morgan fingerprint density at radius 3 is 2.77 bits per heavy atom. The Morgan fingerprint density at radius 1 is 1.18 bits per heavy atom. The van der Waals surface area contributed by atoms with Crippen molar-refractivity contribution in [2.24, 2.45) is 10.9 Å². The van der Waals surface area contributed by atoms with Crippen LogP contribution in [0.4, 0.5) is 14.5 Å². The highest BCUT2D eigenvalue weighted by Crippen LogP contribution is 2.37. The standard InChI is InChI=1S/C30H28ClF2N9O2/c1-17-4-3-5-26(23-10-19(8-9-34-23)28-24(37-29(17)44)12-36-42(28)30(32)33)40-14-20(15-43)27(35-16-40)22-11-21(31)6-7-25(22)41-13-18(2)38-39-41/h6-13,15-17,26,30H,3-5,14H2,1-2H3,(H,37,44)/t17-,26+/m1/s1. The zero-order chi connectivity index (χ0) is 31.0. The monoisotopic (exact) mass is 619 g/mol. The highest BCUT2D eigenvalue weighted by Gasteiger charge is 2.29. The summed E-state index contributed by atoms with van der Waals surface area (Å²) in [6.45, 7) is 0.912. The van der Waals surface area contributed by atoms with Crippen LogP contribution in [0.2, 0.25) is 5.02 Å². The van der Waals surface area contributed by atoms with Gasteiger partial charge in [0.2, 0.25) is 5.91 Å². The topological polar surface area (TPSA) is 123 Å². The fraction of sp³-hybridized carbons (Fsp3) is 0.300. The summed E-state index contributed by atoms with van der Waals surface area (Å²) >= 11 is 6.37. The Labute approximate surface area is 256 Å². The number of carbonyl (C=O) groups is 2. The van der Waals surface area contributed by atoms with Crippen LogP contribution in [0.3, 0.4) is 0 Å². The molecule has 14 heteroatoms. The lowest BCUT2D eigenvalue weighted by Crippen LogP contribution is -2.33. The molecule has 0 fully saturated rings. The lowest BCUT2D eigenvalue weighted by Gasteiger charge is -2.33. The first kappa shape index (κ1) is 29.3. The van der Waals surface area contributed by atoms with E-state index in [1.165, 1.54) is 6.20 Å². The van der Waals surface area contributed by atoms with E-state index in [1.807, 2.05) is 11.8 Å². The van der Waals surface area contributed by atoms with Crippen LogP contribution in [0, 0.1) is 12.8 Å². The average molecular weight is 620 g/mol. The number of aromatic nitrogens is 6. The second-order valence-corrected chi connectivity index (χ2v) is 11.2. The number of fused-ring (bicyclic) bond motifs is 4. The van der Waals surface area contributed by atoms with Gasteiger partial charge in [0.05, 0.1) is 58.9 Å². The van der Waals surface area contributed by atoms with Gasteiger partial charge < -0.3 is 10.2 Å². The van der Waals surface area contributed by atoms with Crippen molar-refractivity contribution in [3.8, 4) is 16.9 Å². The molecule has 1 N–H and O–H groups in total. The largest absolute Gasteiger partial charge is 0.349 e. The van der Waals surface area contributed by atoms with Gasteiger partial charge in [-0.1, -0.05) is 30.2 Å². The zero-order valence-electron chi connectivity index (χ0n) is 23.9. The van der Waals surface area contributed by atoms with Crippen molar-refractivity contribution in [1.82, 2.24) is 34.7 Å². The van der Waals surface area contributed by atoms with Crippen LogP contribution in [0.1, 0.15) is 55.7 Å². The first-order valence-electron chi connectivity index (χ1n) is 14.0. The second kappa shape index (κ2) is 12.1. The normalized spacial score (nSPS) is 19.0. The third-order valence-electron chi connectivity index (χ3n) is 7.80. The number of hydrogen-bond donors (Lipinski definition) is 1. The quantitative estimate of drug-likeness (QED) is 0.287. The second-order valence-electron chi connectivity index (χ2n) is 10.8. The van der Waals surface area contributed by atoms with Crippen molar-refractivity contribution < 1.29 is 18.4 Å². The van der Waals surface area contributed by atoms with E-state index >= 15 is 0 Å². The van der Waals surface area contributed by atoms with Crippen LogP contribution in [0.15, 0.2) is 59.5 Å². The van der Waals surface area contributed by atoms with E-state index in [1.54, 1.807) is 60.7 Å². The number of aldehydes is 1. The molecule has 3 aromatic heterocycles. The predicted octanol–water partition coefficient (Wildman–Crippen LogP) is 5.64. The number of benzene rings is 1. The number of amides is 1. The van der Waals surface area contributed by atoms with E-state index in [9.17, 15) is 18.4 Å². The van der Waals surface area contributed by atoms with Gasteiger partial charge >= 0.3 is 6.55 Å². The maximum atomic E-state index is 14.0. The number of alkyl halides is 2. The molecule has 0 spiro atoms. The zero-order valence-corrected chi connectivity index (χ0v) is 24.6. The van der Waals surface area contributed by atoms with Gasteiger partial charge in [-0.05, 0) is 50.1 Å². The molecule has 2 aliphatic heterocycles. The summed E-state index contributed by atoms with van der Waals surface area (Å²) in [4.78, 5) is 36.7. The summed E-state index contributed by atoms with van der Waals surface area (Å²) in [5.41, 5.74) is 4.19. The van der Waals surface area contributed by atoms with E-state index < -0.39 is 6.55 Å². The third kappa shape index (κ3) is 5.62. The molecule has 2 aliphatic rings.